The predicted octanol–water partition coefficient (Wildman–Crippen LogP) is 2.19. The van der Waals surface area contributed by atoms with Gasteiger partial charge in [-0.25, -0.2) is 0 Å². The van der Waals surface area contributed by atoms with Crippen LogP contribution in [-0.4, -0.2) is 18.9 Å². The number of methoxy groups -OCH3 is 1. The molecule has 82 valence electrons. The van der Waals surface area contributed by atoms with E-state index in [0.717, 1.165) is 0 Å². The molecule has 0 amide bonds. The molecule has 0 bridgehead atoms. The third-order valence-electron chi connectivity index (χ3n) is 2.95. The van der Waals surface area contributed by atoms with Gasteiger partial charge in [-0.1, -0.05) is 27.7 Å². The van der Waals surface area contributed by atoms with Crippen molar-refractivity contribution in [1.29, 1.82) is 0 Å². The molecule has 0 saturated heterocycles. The highest BCUT2D eigenvalue weighted by Crippen LogP contribution is 2.28. The highest BCUT2D eigenvalue weighted by atomic mass is 16.5. The standard InChI is InChI=1S/C11H20O3/c1-8(2)11(3,4)9(12)6-7-10(13)14-5/h8H,6-7H2,1-5H3. The summed E-state index contributed by atoms with van der Waals surface area (Å²) >= 11 is 0. The van der Waals surface area contributed by atoms with Gasteiger partial charge in [-0.15, -0.1) is 0 Å². The molecule has 0 rings (SSSR count). The monoisotopic (exact) mass is 200 g/mol. The summed E-state index contributed by atoms with van der Waals surface area (Å²) in [6.07, 6.45) is 0.462. The number of hydrogen-bond acceptors (Lipinski definition) is 3. The minimum atomic E-state index is -0.353. The zero-order chi connectivity index (χ0) is 11.4. The van der Waals surface area contributed by atoms with Gasteiger partial charge >= 0.3 is 5.97 Å². The number of esters is 1. The van der Waals surface area contributed by atoms with E-state index < -0.39 is 0 Å². The largest absolute Gasteiger partial charge is 0.469 e. The van der Waals surface area contributed by atoms with Gasteiger partial charge in [-0.3, -0.25) is 9.59 Å². The fourth-order valence-corrected chi connectivity index (χ4v) is 0.962. The first kappa shape index (κ1) is 13.1. The quantitative estimate of drug-likeness (QED) is 0.639. The number of ketones is 1. The Labute approximate surface area is 85.8 Å². The van der Waals surface area contributed by atoms with Crippen molar-refractivity contribution in [2.75, 3.05) is 7.11 Å². The van der Waals surface area contributed by atoms with E-state index in [1.54, 1.807) is 0 Å². The number of hydrogen-bond donors (Lipinski definition) is 0. The highest BCUT2D eigenvalue weighted by molar-refractivity contribution is 5.87. The first-order valence-electron chi connectivity index (χ1n) is 4.92. The molecular formula is C11H20O3. The van der Waals surface area contributed by atoms with Crippen LogP contribution < -0.4 is 0 Å². The van der Waals surface area contributed by atoms with E-state index in [1.165, 1.54) is 7.11 Å². The van der Waals surface area contributed by atoms with Gasteiger partial charge in [0.05, 0.1) is 13.5 Å². The molecular weight excluding hydrogens is 180 g/mol. The third-order valence-corrected chi connectivity index (χ3v) is 2.95. The van der Waals surface area contributed by atoms with Gasteiger partial charge < -0.3 is 4.74 Å². The van der Waals surface area contributed by atoms with Crippen LogP contribution in [-0.2, 0) is 14.3 Å². The highest BCUT2D eigenvalue weighted by Gasteiger charge is 2.30. The van der Waals surface area contributed by atoms with E-state index in [1.807, 2.05) is 27.7 Å². The van der Waals surface area contributed by atoms with Crippen LogP contribution in [0.5, 0.6) is 0 Å². The van der Waals surface area contributed by atoms with Gasteiger partial charge in [0, 0.05) is 11.8 Å². The Hall–Kier alpha value is -0.860. The molecule has 14 heavy (non-hydrogen) atoms. The smallest absolute Gasteiger partial charge is 0.305 e. The van der Waals surface area contributed by atoms with Crippen molar-refractivity contribution in [3.8, 4) is 0 Å². The van der Waals surface area contributed by atoms with Gasteiger partial charge in [0.15, 0.2) is 0 Å². The second-order valence-corrected chi connectivity index (χ2v) is 4.38. The summed E-state index contributed by atoms with van der Waals surface area (Å²) < 4.78 is 4.48. The van der Waals surface area contributed by atoms with E-state index >= 15 is 0 Å². The second-order valence-electron chi connectivity index (χ2n) is 4.38. The van der Waals surface area contributed by atoms with Crippen LogP contribution in [0.15, 0.2) is 0 Å². The molecule has 3 nitrogen and oxygen atoms in total. The Morgan fingerprint density at radius 2 is 1.71 bits per heavy atom. The zero-order valence-corrected chi connectivity index (χ0v) is 9.72. The Morgan fingerprint density at radius 3 is 2.07 bits per heavy atom. The van der Waals surface area contributed by atoms with Crippen LogP contribution >= 0.6 is 0 Å². The lowest BCUT2D eigenvalue weighted by Crippen LogP contribution is -2.30. The number of ether oxygens (including phenoxy) is 1. The Bertz CT molecular complexity index is 217. The molecule has 0 saturated carbocycles. The molecule has 0 aliphatic heterocycles. The maximum absolute atomic E-state index is 11.7. The summed E-state index contributed by atoms with van der Waals surface area (Å²) in [5.74, 6) is 0.0865. The molecule has 0 aromatic heterocycles. The molecule has 0 fully saturated rings. The fraction of sp³-hybridized carbons (Fsp3) is 0.818. The van der Waals surface area contributed by atoms with Gasteiger partial charge in [0.25, 0.3) is 0 Å². The molecule has 3 heteroatoms. The first-order valence-corrected chi connectivity index (χ1v) is 4.92. The van der Waals surface area contributed by atoms with E-state index in [-0.39, 0.29) is 35.9 Å². The van der Waals surface area contributed by atoms with E-state index in [9.17, 15) is 9.59 Å². The van der Waals surface area contributed by atoms with Gasteiger partial charge in [0.2, 0.25) is 0 Å². The molecule has 0 spiro atoms. The van der Waals surface area contributed by atoms with Gasteiger partial charge in [0.1, 0.15) is 5.78 Å². The fourth-order valence-electron chi connectivity index (χ4n) is 0.962. The van der Waals surface area contributed by atoms with Crippen molar-refractivity contribution in [2.24, 2.45) is 11.3 Å². The molecule has 0 aliphatic rings. The van der Waals surface area contributed by atoms with E-state index in [2.05, 4.69) is 4.74 Å². The maximum atomic E-state index is 11.7. The molecule has 0 radical (unpaired) electrons. The minimum Gasteiger partial charge on any atom is -0.469 e. The van der Waals surface area contributed by atoms with Crippen molar-refractivity contribution in [3.05, 3.63) is 0 Å². The van der Waals surface area contributed by atoms with E-state index in [4.69, 9.17) is 0 Å². The molecule has 0 unspecified atom stereocenters. The molecule has 0 aromatic rings. The Balaban J connectivity index is 4.15. The molecule has 0 heterocycles. The number of Topliss-reactive ketones (excluding diaryl/α,β-unsaturated/α-hetero) is 1. The van der Waals surface area contributed by atoms with Gasteiger partial charge in [-0.2, -0.15) is 0 Å². The van der Waals surface area contributed by atoms with Crippen LogP contribution in [0, 0.1) is 11.3 Å². The maximum Gasteiger partial charge on any atom is 0.305 e. The molecule has 0 atom stereocenters. The van der Waals surface area contributed by atoms with Gasteiger partial charge in [-0.05, 0) is 5.92 Å². The van der Waals surface area contributed by atoms with Crippen molar-refractivity contribution in [1.82, 2.24) is 0 Å². The zero-order valence-electron chi connectivity index (χ0n) is 9.72. The lowest BCUT2D eigenvalue weighted by Gasteiger charge is -2.27. The number of carbonyl (C=O) groups is 2. The Morgan fingerprint density at radius 1 is 1.21 bits per heavy atom. The van der Waals surface area contributed by atoms with Crippen LogP contribution in [0.25, 0.3) is 0 Å². The lowest BCUT2D eigenvalue weighted by molar-refractivity contribution is -0.143. The topological polar surface area (TPSA) is 43.4 Å². The summed E-state index contributed by atoms with van der Waals surface area (Å²) in [6.45, 7) is 7.85. The Kier molecular flexibility index (Phi) is 4.81. The van der Waals surface area contributed by atoms with Crippen molar-refractivity contribution >= 4 is 11.8 Å². The summed E-state index contributed by atoms with van der Waals surface area (Å²) in [5.41, 5.74) is -0.353. The normalized spacial score (nSPS) is 11.6. The number of carbonyl (C=O) groups excluding carboxylic acids is 2. The van der Waals surface area contributed by atoms with Crippen LogP contribution in [0.1, 0.15) is 40.5 Å². The van der Waals surface area contributed by atoms with E-state index in [0.29, 0.717) is 0 Å². The lowest BCUT2D eigenvalue weighted by atomic mass is 9.76. The average molecular weight is 200 g/mol. The first-order chi connectivity index (χ1) is 6.32. The molecule has 0 aliphatic carbocycles. The summed E-state index contributed by atoms with van der Waals surface area (Å²) in [7, 11) is 1.33. The van der Waals surface area contributed by atoms with Crippen molar-refractivity contribution in [3.63, 3.8) is 0 Å². The summed E-state index contributed by atoms with van der Waals surface area (Å²) in [6, 6.07) is 0. The second kappa shape index (κ2) is 5.13. The summed E-state index contributed by atoms with van der Waals surface area (Å²) in [5, 5.41) is 0. The van der Waals surface area contributed by atoms with Crippen LogP contribution in [0.3, 0.4) is 0 Å². The van der Waals surface area contributed by atoms with Crippen molar-refractivity contribution < 1.29 is 14.3 Å². The predicted molar refractivity (Wildman–Crippen MR) is 54.9 cm³/mol. The molecule has 0 N–H and O–H groups in total. The van der Waals surface area contributed by atoms with Crippen LogP contribution in [0.4, 0.5) is 0 Å². The molecule has 0 aromatic carbocycles. The van der Waals surface area contributed by atoms with Crippen molar-refractivity contribution in [2.45, 2.75) is 40.5 Å². The number of rotatable bonds is 5. The average Bonchev–Trinajstić information content (AvgIpc) is 2.12. The minimum absolute atomic E-state index is 0.123. The third kappa shape index (κ3) is 3.48. The van der Waals surface area contributed by atoms with Crippen LogP contribution in [0.2, 0.25) is 0 Å². The summed E-state index contributed by atoms with van der Waals surface area (Å²) in [4.78, 5) is 22.6. The SMILES string of the molecule is COC(=O)CCC(=O)C(C)(C)C(C)C.